The third-order valence-corrected chi connectivity index (χ3v) is 5.04. The molecule has 0 spiro atoms. The molecule has 0 aliphatic carbocycles. The maximum absolute atomic E-state index is 6.34. The fraction of sp³-hybridized carbons (Fsp3) is 0.625. The summed E-state index contributed by atoms with van der Waals surface area (Å²) in [4.78, 5) is 2.49. The van der Waals surface area contributed by atoms with Gasteiger partial charge in [0.15, 0.2) is 0 Å². The molecule has 0 saturated carbocycles. The number of halogens is 2. The van der Waals surface area contributed by atoms with Gasteiger partial charge in [0.25, 0.3) is 0 Å². The van der Waals surface area contributed by atoms with Crippen LogP contribution in [0.2, 0.25) is 10.0 Å². The second kappa shape index (κ2) is 7.30. The van der Waals surface area contributed by atoms with Crippen LogP contribution in [0.5, 0.6) is 0 Å². The highest BCUT2D eigenvalue weighted by molar-refractivity contribution is 6.42. The van der Waals surface area contributed by atoms with Gasteiger partial charge in [-0.3, -0.25) is 4.90 Å². The first-order valence-electron chi connectivity index (χ1n) is 7.39. The molecule has 0 aromatic heterocycles. The first-order chi connectivity index (χ1) is 9.95. The Kier molecular flexibility index (Phi) is 5.92. The number of hydrogen-bond acceptors (Lipinski definition) is 3. The zero-order chi connectivity index (χ0) is 15.5. The van der Waals surface area contributed by atoms with E-state index in [1.807, 2.05) is 25.2 Å². The van der Waals surface area contributed by atoms with Crippen LogP contribution in [0.3, 0.4) is 0 Å². The average molecular weight is 331 g/mol. The molecule has 2 rings (SSSR count). The van der Waals surface area contributed by atoms with E-state index in [9.17, 15) is 0 Å². The highest BCUT2D eigenvalue weighted by atomic mass is 35.5. The van der Waals surface area contributed by atoms with E-state index in [1.54, 1.807) is 0 Å². The topological polar surface area (TPSA) is 24.5 Å². The lowest BCUT2D eigenvalue weighted by atomic mass is 9.99. The highest BCUT2D eigenvalue weighted by Crippen LogP contribution is 2.32. The van der Waals surface area contributed by atoms with Crippen LogP contribution in [0, 0.1) is 0 Å². The van der Waals surface area contributed by atoms with E-state index >= 15 is 0 Å². The van der Waals surface area contributed by atoms with Gasteiger partial charge in [-0.15, -0.1) is 0 Å². The normalized spacial score (nSPS) is 20.4. The highest BCUT2D eigenvalue weighted by Gasteiger charge is 2.30. The Bertz CT molecular complexity index is 479. The molecule has 1 aliphatic heterocycles. The third-order valence-electron chi connectivity index (χ3n) is 4.21. The molecular weight excluding hydrogens is 307 g/mol. The summed E-state index contributed by atoms with van der Waals surface area (Å²) < 4.78 is 5.57. The first kappa shape index (κ1) is 17.0. The van der Waals surface area contributed by atoms with Crippen molar-refractivity contribution >= 4 is 23.2 Å². The fourth-order valence-electron chi connectivity index (χ4n) is 2.83. The van der Waals surface area contributed by atoms with E-state index in [2.05, 4.69) is 24.1 Å². The number of benzene rings is 1. The predicted molar refractivity (Wildman–Crippen MR) is 89.4 cm³/mol. The summed E-state index contributed by atoms with van der Waals surface area (Å²) in [5.74, 6) is 0. The lowest BCUT2D eigenvalue weighted by Crippen LogP contribution is -2.53. The van der Waals surface area contributed by atoms with Crippen molar-refractivity contribution in [2.75, 3.05) is 33.4 Å². The maximum atomic E-state index is 6.34. The van der Waals surface area contributed by atoms with Crippen molar-refractivity contribution in [2.45, 2.75) is 31.8 Å². The fourth-order valence-corrected chi connectivity index (χ4v) is 3.27. The predicted octanol–water partition coefficient (Wildman–Crippen LogP) is 3.75. The Morgan fingerprint density at radius 1 is 1.38 bits per heavy atom. The monoisotopic (exact) mass is 330 g/mol. The lowest BCUT2D eigenvalue weighted by molar-refractivity contribution is -0.0520. The van der Waals surface area contributed by atoms with E-state index in [0.29, 0.717) is 10.0 Å². The van der Waals surface area contributed by atoms with E-state index in [1.165, 1.54) is 0 Å². The van der Waals surface area contributed by atoms with Gasteiger partial charge < -0.3 is 10.1 Å². The Morgan fingerprint density at radius 3 is 2.81 bits per heavy atom. The molecule has 1 fully saturated rings. The smallest absolute Gasteiger partial charge is 0.0645 e. The molecule has 21 heavy (non-hydrogen) atoms. The summed E-state index contributed by atoms with van der Waals surface area (Å²) in [7, 11) is 1.96. The zero-order valence-corrected chi connectivity index (χ0v) is 14.5. The number of morpholine rings is 1. The van der Waals surface area contributed by atoms with Gasteiger partial charge in [-0.2, -0.15) is 0 Å². The van der Waals surface area contributed by atoms with E-state index in [-0.39, 0.29) is 11.6 Å². The zero-order valence-electron chi connectivity index (χ0n) is 13.0. The van der Waals surface area contributed by atoms with E-state index < -0.39 is 0 Å². The molecule has 0 amide bonds. The van der Waals surface area contributed by atoms with Crippen LogP contribution in [0.15, 0.2) is 18.2 Å². The van der Waals surface area contributed by atoms with Gasteiger partial charge in [0.2, 0.25) is 0 Å². The van der Waals surface area contributed by atoms with Gasteiger partial charge in [0, 0.05) is 24.7 Å². The van der Waals surface area contributed by atoms with Crippen LogP contribution in [0.25, 0.3) is 0 Å². The Morgan fingerprint density at radius 2 is 2.14 bits per heavy atom. The Hall–Kier alpha value is -0.320. The van der Waals surface area contributed by atoms with Crippen molar-refractivity contribution in [1.29, 1.82) is 0 Å². The molecule has 1 saturated heterocycles. The number of hydrogen-bond donors (Lipinski definition) is 1. The number of nitrogens with zero attached hydrogens (tertiary/aromatic N) is 1. The van der Waals surface area contributed by atoms with Crippen LogP contribution >= 0.6 is 23.2 Å². The van der Waals surface area contributed by atoms with Crippen molar-refractivity contribution in [2.24, 2.45) is 0 Å². The molecule has 1 atom stereocenters. The van der Waals surface area contributed by atoms with Crippen LogP contribution in [0.4, 0.5) is 0 Å². The van der Waals surface area contributed by atoms with Gasteiger partial charge in [-0.05, 0) is 38.9 Å². The van der Waals surface area contributed by atoms with Gasteiger partial charge >= 0.3 is 0 Å². The van der Waals surface area contributed by atoms with Crippen molar-refractivity contribution in [3.63, 3.8) is 0 Å². The maximum Gasteiger partial charge on any atom is 0.0645 e. The van der Waals surface area contributed by atoms with Crippen LogP contribution < -0.4 is 5.32 Å². The second-order valence-electron chi connectivity index (χ2n) is 6.13. The van der Waals surface area contributed by atoms with Gasteiger partial charge in [0.1, 0.15) is 0 Å². The Balaban J connectivity index is 2.04. The molecule has 0 bridgehead atoms. The van der Waals surface area contributed by atoms with Gasteiger partial charge in [-0.1, -0.05) is 35.3 Å². The number of rotatable bonds is 5. The molecule has 5 heteroatoms. The third kappa shape index (κ3) is 4.11. The number of nitrogens with one attached hydrogen (secondary N) is 1. The van der Waals surface area contributed by atoms with Crippen molar-refractivity contribution in [1.82, 2.24) is 10.2 Å². The summed E-state index contributed by atoms with van der Waals surface area (Å²) in [6, 6.07) is 6.02. The van der Waals surface area contributed by atoms with Crippen LogP contribution in [0.1, 0.15) is 31.9 Å². The molecule has 1 aliphatic rings. The SMILES string of the molecule is CNC(CCN1CCOCC1(C)C)c1cccc(Cl)c1Cl. The summed E-state index contributed by atoms with van der Waals surface area (Å²) in [6.45, 7) is 8.04. The summed E-state index contributed by atoms with van der Waals surface area (Å²) in [6.07, 6.45) is 0.986. The first-order valence-corrected chi connectivity index (χ1v) is 8.15. The molecule has 3 nitrogen and oxygen atoms in total. The molecule has 0 radical (unpaired) electrons. The Labute approximate surface area is 137 Å². The van der Waals surface area contributed by atoms with E-state index in [4.69, 9.17) is 27.9 Å². The second-order valence-corrected chi connectivity index (χ2v) is 6.91. The molecular formula is C16H24Cl2N2O. The van der Waals surface area contributed by atoms with Gasteiger partial charge in [-0.25, -0.2) is 0 Å². The summed E-state index contributed by atoms with van der Waals surface area (Å²) in [5, 5.41) is 4.62. The quantitative estimate of drug-likeness (QED) is 0.889. The minimum atomic E-state index is 0.0919. The molecule has 1 heterocycles. The standard InChI is InChI=1S/C16H24Cl2N2O/c1-16(2)11-21-10-9-20(16)8-7-14(19-3)12-5-4-6-13(17)15(12)18/h4-6,14,19H,7-11H2,1-3H3. The molecule has 1 N–H and O–H groups in total. The molecule has 1 unspecified atom stereocenters. The minimum Gasteiger partial charge on any atom is -0.378 e. The molecule has 118 valence electrons. The largest absolute Gasteiger partial charge is 0.378 e. The number of ether oxygens (including phenoxy) is 1. The van der Waals surface area contributed by atoms with Crippen LogP contribution in [-0.2, 0) is 4.74 Å². The lowest BCUT2D eigenvalue weighted by Gasteiger charge is -2.42. The minimum absolute atomic E-state index is 0.0919. The molecule has 1 aromatic rings. The molecule has 1 aromatic carbocycles. The average Bonchev–Trinajstić information content (AvgIpc) is 2.45. The van der Waals surface area contributed by atoms with Crippen LogP contribution in [-0.4, -0.2) is 43.8 Å². The summed E-state index contributed by atoms with van der Waals surface area (Å²) in [5.41, 5.74) is 1.16. The van der Waals surface area contributed by atoms with Gasteiger partial charge in [0.05, 0.1) is 23.3 Å². The van der Waals surface area contributed by atoms with Crippen molar-refractivity contribution in [3.05, 3.63) is 33.8 Å². The van der Waals surface area contributed by atoms with Crippen molar-refractivity contribution in [3.8, 4) is 0 Å². The van der Waals surface area contributed by atoms with Crippen molar-refractivity contribution < 1.29 is 4.74 Å². The summed E-state index contributed by atoms with van der Waals surface area (Å²) >= 11 is 12.5. The van der Waals surface area contributed by atoms with E-state index in [0.717, 1.165) is 38.3 Å².